The predicted molar refractivity (Wildman–Crippen MR) is 86.6 cm³/mol. The number of hydrogen-bond acceptors (Lipinski definition) is 2. The average molecular weight is 271 g/mol. The van der Waals surface area contributed by atoms with Crippen molar-refractivity contribution < 1.29 is 4.79 Å². The quantitative estimate of drug-likeness (QED) is 0.675. The van der Waals surface area contributed by atoms with Crippen molar-refractivity contribution in [1.29, 1.82) is 0 Å². The number of carbonyl (C=O) groups excluding carboxylic acids is 1. The molecule has 1 aliphatic heterocycles. The van der Waals surface area contributed by atoms with Gasteiger partial charge in [-0.3, -0.25) is 9.69 Å². The number of rotatable bonds is 1. The van der Waals surface area contributed by atoms with Crippen molar-refractivity contribution in [2.75, 3.05) is 7.05 Å². The second-order valence-corrected chi connectivity index (χ2v) is 4.64. The van der Waals surface area contributed by atoms with Crippen LogP contribution in [0.5, 0.6) is 0 Å². The minimum atomic E-state index is 0.230. The van der Waals surface area contributed by atoms with Crippen molar-refractivity contribution in [3.05, 3.63) is 0 Å². The highest BCUT2D eigenvalue weighted by Gasteiger charge is 2.41. The third kappa shape index (κ3) is 6.07. The Morgan fingerprint density at radius 3 is 1.84 bits per heavy atom. The number of ketones is 1. The molecule has 1 heterocycles. The van der Waals surface area contributed by atoms with Crippen LogP contribution in [0.2, 0.25) is 0 Å². The lowest BCUT2D eigenvalue weighted by molar-refractivity contribution is -0.121. The standard InChI is InChI=1S/C11H19NO.3C2H6/c1-8(13)11-7-9-5-3-4-6-10(9)12(11)2;3*1-2/h9-11H,3-7H2,1-2H3;3*1-2H3. The van der Waals surface area contributed by atoms with E-state index in [1.54, 1.807) is 6.92 Å². The van der Waals surface area contributed by atoms with Crippen molar-refractivity contribution >= 4 is 5.78 Å². The molecule has 0 bridgehead atoms. The van der Waals surface area contributed by atoms with Crippen LogP contribution in [0.15, 0.2) is 0 Å². The Morgan fingerprint density at radius 2 is 1.42 bits per heavy atom. The molecule has 1 aliphatic carbocycles. The zero-order valence-corrected chi connectivity index (χ0v) is 14.6. The molecular formula is C17H37NO. The maximum Gasteiger partial charge on any atom is 0.146 e. The molecule has 0 spiro atoms. The van der Waals surface area contributed by atoms with Crippen LogP contribution in [0.25, 0.3) is 0 Å². The molecule has 2 heteroatoms. The van der Waals surface area contributed by atoms with Crippen LogP contribution in [0, 0.1) is 5.92 Å². The lowest BCUT2D eigenvalue weighted by Crippen LogP contribution is -2.38. The molecule has 2 fully saturated rings. The minimum absolute atomic E-state index is 0.230. The molecule has 2 aliphatic rings. The third-order valence-corrected chi connectivity index (χ3v) is 3.88. The van der Waals surface area contributed by atoms with Crippen LogP contribution in [0.3, 0.4) is 0 Å². The normalized spacial score (nSPS) is 28.5. The SMILES string of the molecule is CC.CC.CC.CC(=O)C1CC2CCCCC2N1C. The summed E-state index contributed by atoms with van der Waals surface area (Å²) in [6, 6.07) is 0.941. The van der Waals surface area contributed by atoms with Crippen molar-refractivity contribution in [1.82, 2.24) is 4.90 Å². The monoisotopic (exact) mass is 271 g/mol. The summed E-state index contributed by atoms with van der Waals surface area (Å²) in [6.07, 6.45) is 6.51. The van der Waals surface area contributed by atoms with Gasteiger partial charge in [-0.2, -0.15) is 0 Å². The lowest BCUT2D eigenvalue weighted by atomic mass is 9.84. The van der Waals surface area contributed by atoms with E-state index in [9.17, 15) is 4.79 Å². The molecule has 1 saturated carbocycles. The van der Waals surface area contributed by atoms with E-state index in [-0.39, 0.29) is 6.04 Å². The maximum absolute atomic E-state index is 11.4. The van der Waals surface area contributed by atoms with Gasteiger partial charge in [0.25, 0.3) is 0 Å². The van der Waals surface area contributed by atoms with E-state index in [0.29, 0.717) is 11.8 Å². The summed E-state index contributed by atoms with van der Waals surface area (Å²) in [5, 5.41) is 0. The van der Waals surface area contributed by atoms with Gasteiger partial charge in [0, 0.05) is 6.04 Å². The van der Waals surface area contributed by atoms with Crippen LogP contribution < -0.4 is 0 Å². The van der Waals surface area contributed by atoms with E-state index in [1.807, 2.05) is 41.5 Å². The van der Waals surface area contributed by atoms with E-state index in [4.69, 9.17) is 0 Å². The van der Waals surface area contributed by atoms with Gasteiger partial charge in [0.05, 0.1) is 6.04 Å². The highest BCUT2D eigenvalue weighted by atomic mass is 16.1. The second-order valence-electron chi connectivity index (χ2n) is 4.64. The van der Waals surface area contributed by atoms with Gasteiger partial charge >= 0.3 is 0 Å². The fourth-order valence-electron chi connectivity index (χ4n) is 3.14. The van der Waals surface area contributed by atoms with Crippen molar-refractivity contribution in [3.8, 4) is 0 Å². The first kappa shape index (κ1) is 20.9. The van der Waals surface area contributed by atoms with E-state index in [0.717, 1.165) is 12.3 Å². The Morgan fingerprint density at radius 1 is 0.947 bits per heavy atom. The van der Waals surface area contributed by atoms with Gasteiger partial charge in [0.1, 0.15) is 5.78 Å². The summed E-state index contributed by atoms with van der Waals surface area (Å²) in [4.78, 5) is 13.7. The zero-order valence-electron chi connectivity index (χ0n) is 14.6. The highest BCUT2D eigenvalue weighted by Crippen LogP contribution is 2.38. The van der Waals surface area contributed by atoms with Crippen molar-refractivity contribution in [2.45, 2.75) is 92.7 Å². The topological polar surface area (TPSA) is 20.3 Å². The predicted octanol–water partition coefficient (Wildman–Crippen LogP) is 4.92. The van der Waals surface area contributed by atoms with Crippen LogP contribution in [0.1, 0.15) is 80.6 Å². The van der Waals surface area contributed by atoms with Crippen molar-refractivity contribution in [2.24, 2.45) is 5.92 Å². The van der Waals surface area contributed by atoms with Gasteiger partial charge in [0.2, 0.25) is 0 Å². The lowest BCUT2D eigenvalue weighted by Gasteiger charge is -2.30. The summed E-state index contributed by atoms with van der Waals surface area (Å²) >= 11 is 0. The summed E-state index contributed by atoms with van der Waals surface area (Å²) in [5.41, 5.74) is 0. The van der Waals surface area contributed by atoms with Crippen LogP contribution in [-0.4, -0.2) is 29.8 Å². The molecule has 3 atom stereocenters. The molecule has 19 heavy (non-hydrogen) atoms. The van der Waals surface area contributed by atoms with Crippen molar-refractivity contribution in [3.63, 3.8) is 0 Å². The van der Waals surface area contributed by atoms with Gasteiger partial charge in [-0.05, 0) is 39.2 Å². The number of likely N-dealkylation sites (tertiary alicyclic amines) is 1. The fraction of sp³-hybridized carbons (Fsp3) is 0.941. The van der Waals surface area contributed by atoms with Gasteiger partial charge in [-0.1, -0.05) is 54.4 Å². The van der Waals surface area contributed by atoms with E-state index in [1.165, 1.54) is 25.7 Å². The molecule has 2 rings (SSSR count). The molecule has 0 aromatic carbocycles. The van der Waals surface area contributed by atoms with Crippen LogP contribution in [0.4, 0.5) is 0 Å². The number of likely N-dealkylation sites (N-methyl/N-ethyl adjacent to an activating group) is 1. The second kappa shape index (κ2) is 12.7. The highest BCUT2D eigenvalue weighted by molar-refractivity contribution is 5.81. The minimum Gasteiger partial charge on any atom is -0.298 e. The van der Waals surface area contributed by atoms with E-state index in [2.05, 4.69) is 11.9 Å². The van der Waals surface area contributed by atoms with E-state index < -0.39 is 0 Å². The molecular weight excluding hydrogens is 234 g/mol. The Hall–Kier alpha value is -0.370. The maximum atomic E-state index is 11.4. The Kier molecular flexibility index (Phi) is 13.9. The van der Waals surface area contributed by atoms with Gasteiger partial charge in [0.15, 0.2) is 0 Å². The summed E-state index contributed by atoms with van der Waals surface area (Å²) in [6.45, 7) is 13.7. The Labute approximate surface area is 122 Å². The first-order valence-electron chi connectivity index (χ1n) is 8.42. The third-order valence-electron chi connectivity index (χ3n) is 3.88. The van der Waals surface area contributed by atoms with E-state index >= 15 is 0 Å². The fourth-order valence-corrected chi connectivity index (χ4v) is 3.14. The molecule has 1 saturated heterocycles. The number of nitrogens with zero attached hydrogens (tertiary/aromatic N) is 1. The van der Waals surface area contributed by atoms with Crippen LogP contribution in [-0.2, 0) is 4.79 Å². The molecule has 0 radical (unpaired) electrons. The first-order valence-corrected chi connectivity index (χ1v) is 8.42. The molecule has 0 amide bonds. The zero-order chi connectivity index (χ0) is 15.4. The summed E-state index contributed by atoms with van der Waals surface area (Å²) < 4.78 is 0. The first-order chi connectivity index (χ1) is 9.20. The molecule has 0 aromatic rings. The molecule has 0 aromatic heterocycles. The number of carbonyl (C=O) groups is 1. The number of fused-ring (bicyclic) bond motifs is 1. The molecule has 2 nitrogen and oxygen atoms in total. The van der Waals surface area contributed by atoms with Gasteiger partial charge < -0.3 is 0 Å². The average Bonchev–Trinajstić information content (AvgIpc) is 2.83. The van der Waals surface area contributed by atoms with Gasteiger partial charge in [-0.25, -0.2) is 0 Å². The Bertz CT molecular complexity index is 215. The van der Waals surface area contributed by atoms with Gasteiger partial charge in [-0.15, -0.1) is 0 Å². The molecule has 0 N–H and O–H groups in total. The smallest absolute Gasteiger partial charge is 0.146 e. The summed E-state index contributed by atoms with van der Waals surface area (Å²) in [7, 11) is 2.13. The number of Topliss-reactive ketones (excluding diaryl/α,β-unsaturated/α-hetero) is 1. The molecule has 116 valence electrons. The summed E-state index contributed by atoms with van der Waals surface area (Å²) in [5.74, 6) is 1.17. The molecule has 3 unspecified atom stereocenters. The Balaban J connectivity index is 0. The van der Waals surface area contributed by atoms with Crippen LogP contribution >= 0.6 is 0 Å². The number of hydrogen-bond donors (Lipinski definition) is 0. The largest absolute Gasteiger partial charge is 0.298 e.